The normalized spacial score (nSPS) is 14.1. The lowest BCUT2D eigenvalue weighted by Gasteiger charge is -2.17. The molecule has 148 valence electrons. The molecule has 0 aliphatic carbocycles. The summed E-state index contributed by atoms with van der Waals surface area (Å²) in [5.41, 5.74) is 1.85. The van der Waals surface area contributed by atoms with Gasteiger partial charge < -0.3 is 19.4 Å². The van der Waals surface area contributed by atoms with Crippen molar-refractivity contribution in [2.45, 2.75) is 12.8 Å². The Hall–Kier alpha value is -3.25. The minimum atomic E-state index is -0.321. The van der Waals surface area contributed by atoms with Crippen molar-refractivity contribution in [2.24, 2.45) is 0 Å². The highest BCUT2D eigenvalue weighted by atomic mass is 35.5. The number of rotatable bonds is 5. The Kier molecular flexibility index (Phi) is 5.27. The van der Waals surface area contributed by atoms with E-state index in [1.807, 2.05) is 24.3 Å². The van der Waals surface area contributed by atoms with E-state index in [9.17, 15) is 9.59 Å². The zero-order valence-electron chi connectivity index (χ0n) is 15.8. The number of benzene rings is 2. The number of halogens is 1. The minimum absolute atomic E-state index is 0.0640. The van der Waals surface area contributed by atoms with E-state index in [0.29, 0.717) is 46.5 Å². The summed E-state index contributed by atoms with van der Waals surface area (Å²) in [5, 5.41) is 4.07. The lowest BCUT2D eigenvalue weighted by atomic mass is 10.2. The van der Waals surface area contributed by atoms with Crippen LogP contribution >= 0.6 is 11.6 Å². The second-order valence-electron chi connectivity index (χ2n) is 6.67. The lowest BCUT2D eigenvalue weighted by Crippen LogP contribution is -2.24. The number of carbonyl (C=O) groups is 2. The van der Waals surface area contributed by atoms with Gasteiger partial charge in [-0.3, -0.25) is 9.59 Å². The van der Waals surface area contributed by atoms with Crippen molar-refractivity contribution in [3.8, 4) is 5.75 Å². The number of anilines is 2. The molecule has 2 aromatic carbocycles. The topological polar surface area (TPSA) is 71.8 Å². The number of nitrogens with one attached hydrogen (secondary N) is 1. The predicted molar refractivity (Wildman–Crippen MR) is 113 cm³/mol. The molecule has 1 saturated heterocycles. The lowest BCUT2D eigenvalue weighted by molar-refractivity contribution is -0.117. The SMILES string of the molecule is COc1cccc2cc(/C=C/C(=O)Nc3ccc(N4CCCC4=O)c(Cl)c3)oc12. The number of furan rings is 1. The fourth-order valence-corrected chi connectivity index (χ4v) is 3.63. The highest BCUT2D eigenvalue weighted by Gasteiger charge is 2.23. The highest BCUT2D eigenvalue weighted by Crippen LogP contribution is 2.32. The molecule has 3 aromatic rings. The molecular weight excluding hydrogens is 392 g/mol. The number of fused-ring (bicyclic) bond motifs is 1. The van der Waals surface area contributed by atoms with E-state index >= 15 is 0 Å². The Bertz CT molecular complexity index is 1120. The first-order valence-electron chi connectivity index (χ1n) is 9.20. The summed E-state index contributed by atoms with van der Waals surface area (Å²) in [7, 11) is 1.58. The molecule has 1 aliphatic rings. The van der Waals surface area contributed by atoms with Crippen molar-refractivity contribution in [2.75, 3.05) is 23.9 Å². The molecule has 1 fully saturated rings. The fraction of sp³-hybridized carbons (Fsp3) is 0.182. The summed E-state index contributed by atoms with van der Waals surface area (Å²) < 4.78 is 11.0. The van der Waals surface area contributed by atoms with E-state index in [1.54, 1.807) is 36.3 Å². The van der Waals surface area contributed by atoms with Gasteiger partial charge in [-0.15, -0.1) is 0 Å². The summed E-state index contributed by atoms with van der Waals surface area (Å²) in [5.74, 6) is 0.922. The van der Waals surface area contributed by atoms with Crippen LogP contribution in [0.3, 0.4) is 0 Å². The largest absolute Gasteiger partial charge is 0.493 e. The smallest absolute Gasteiger partial charge is 0.248 e. The van der Waals surface area contributed by atoms with E-state index in [2.05, 4.69) is 5.32 Å². The molecule has 2 heterocycles. The first kappa shape index (κ1) is 19.1. The zero-order valence-corrected chi connectivity index (χ0v) is 16.5. The van der Waals surface area contributed by atoms with Crippen LogP contribution in [0.1, 0.15) is 18.6 Å². The minimum Gasteiger partial charge on any atom is -0.493 e. The Labute approximate surface area is 172 Å². The van der Waals surface area contributed by atoms with Gasteiger partial charge in [0.05, 0.1) is 17.8 Å². The molecule has 0 atom stereocenters. The van der Waals surface area contributed by atoms with Gasteiger partial charge in [-0.05, 0) is 42.8 Å². The maximum atomic E-state index is 12.3. The van der Waals surface area contributed by atoms with Crippen molar-refractivity contribution in [3.63, 3.8) is 0 Å². The predicted octanol–water partition coefficient (Wildman–Crippen LogP) is 4.87. The number of nitrogens with zero attached hydrogens (tertiary/aromatic N) is 1. The van der Waals surface area contributed by atoms with Crippen LogP contribution in [0.25, 0.3) is 17.0 Å². The van der Waals surface area contributed by atoms with Gasteiger partial charge in [0.25, 0.3) is 0 Å². The van der Waals surface area contributed by atoms with Crippen LogP contribution in [0.5, 0.6) is 5.75 Å². The summed E-state index contributed by atoms with van der Waals surface area (Å²) in [4.78, 5) is 25.8. The van der Waals surface area contributed by atoms with Crippen LogP contribution < -0.4 is 15.0 Å². The second-order valence-corrected chi connectivity index (χ2v) is 7.07. The van der Waals surface area contributed by atoms with Gasteiger partial charge >= 0.3 is 0 Å². The molecule has 0 bridgehead atoms. The molecule has 6 nitrogen and oxygen atoms in total. The number of carbonyl (C=O) groups excluding carboxylic acids is 2. The Morgan fingerprint density at radius 1 is 1.28 bits per heavy atom. The Morgan fingerprint density at radius 3 is 2.86 bits per heavy atom. The summed E-state index contributed by atoms with van der Waals surface area (Å²) in [6.07, 6.45) is 4.34. The monoisotopic (exact) mass is 410 g/mol. The number of para-hydroxylation sites is 1. The maximum absolute atomic E-state index is 12.3. The number of hydrogen-bond acceptors (Lipinski definition) is 4. The molecule has 0 unspecified atom stereocenters. The zero-order chi connectivity index (χ0) is 20.4. The van der Waals surface area contributed by atoms with E-state index in [4.69, 9.17) is 20.8 Å². The highest BCUT2D eigenvalue weighted by molar-refractivity contribution is 6.34. The number of amides is 2. The van der Waals surface area contributed by atoms with Crippen molar-refractivity contribution in [1.82, 2.24) is 0 Å². The van der Waals surface area contributed by atoms with Gasteiger partial charge in [0.1, 0.15) is 5.76 Å². The van der Waals surface area contributed by atoms with Gasteiger partial charge in [-0.1, -0.05) is 23.7 Å². The molecule has 1 N–H and O–H groups in total. The summed E-state index contributed by atoms with van der Waals surface area (Å²) in [6, 6.07) is 12.5. The summed E-state index contributed by atoms with van der Waals surface area (Å²) >= 11 is 6.31. The molecular formula is C22H19ClN2O4. The van der Waals surface area contributed by atoms with Crippen LogP contribution in [0.2, 0.25) is 5.02 Å². The average Bonchev–Trinajstić information content (AvgIpc) is 3.32. The van der Waals surface area contributed by atoms with Gasteiger partial charge in [-0.25, -0.2) is 0 Å². The first-order chi connectivity index (χ1) is 14.0. The molecule has 1 aromatic heterocycles. The summed E-state index contributed by atoms with van der Waals surface area (Å²) in [6.45, 7) is 0.662. The molecule has 4 rings (SSSR count). The molecule has 2 amide bonds. The van der Waals surface area contributed by atoms with Crippen molar-refractivity contribution in [1.29, 1.82) is 0 Å². The average molecular weight is 411 g/mol. The van der Waals surface area contributed by atoms with Crippen molar-refractivity contribution < 1.29 is 18.7 Å². The molecule has 0 radical (unpaired) electrons. The Morgan fingerprint density at radius 2 is 2.14 bits per heavy atom. The van der Waals surface area contributed by atoms with Crippen molar-refractivity contribution >= 4 is 51.8 Å². The van der Waals surface area contributed by atoms with E-state index in [-0.39, 0.29) is 11.8 Å². The third-order valence-electron chi connectivity index (χ3n) is 4.73. The molecule has 29 heavy (non-hydrogen) atoms. The van der Waals surface area contributed by atoms with Crippen LogP contribution in [-0.2, 0) is 9.59 Å². The Balaban J connectivity index is 1.45. The van der Waals surface area contributed by atoms with Crippen molar-refractivity contribution in [3.05, 3.63) is 59.3 Å². The third-order valence-corrected chi connectivity index (χ3v) is 5.03. The van der Waals surface area contributed by atoms with E-state index < -0.39 is 0 Å². The maximum Gasteiger partial charge on any atom is 0.248 e. The molecule has 1 aliphatic heterocycles. The van der Waals surface area contributed by atoms with Gasteiger partial charge in [-0.2, -0.15) is 0 Å². The van der Waals surface area contributed by atoms with Gasteiger partial charge in [0.15, 0.2) is 11.3 Å². The fourth-order valence-electron chi connectivity index (χ4n) is 3.35. The number of methoxy groups -OCH3 is 1. The molecule has 0 saturated carbocycles. The van der Waals surface area contributed by atoms with E-state index in [0.717, 1.165) is 11.8 Å². The van der Waals surface area contributed by atoms with Gasteiger partial charge in [0, 0.05) is 30.1 Å². The van der Waals surface area contributed by atoms with E-state index in [1.165, 1.54) is 6.08 Å². The molecule has 0 spiro atoms. The van der Waals surface area contributed by atoms with Crippen LogP contribution in [0.4, 0.5) is 11.4 Å². The van der Waals surface area contributed by atoms with Crippen LogP contribution in [0, 0.1) is 0 Å². The number of ether oxygens (including phenoxy) is 1. The quantitative estimate of drug-likeness (QED) is 0.609. The van der Waals surface area contributed by atoms with Crippen LogP contribution in [-0.4, -0.2) is 25.5 Å². The second kappa shape index (κ2) is 8.01. The third kappa shape index (κ3) is 3.98. The van der Waals surface area contributed by atoms with Crippen LogP contribution in [0.15, 0.2) is 53.0 Å². The standard InChI is InChI=1S/C22H19ClN2O4/c1-28-19-5-2-4-14-12-16(29-22(14)19)8-10-20(26)24-15-7-9-18(17(23)13-15)25-11-3-6-21(25)27/h2,4-5,7-10,12-13H,3,6,11H2,1H3,(H,24,26)/b10-8+. The van der Waals surface area contributed by atoms with Gasteiger partial charge in [0.2, 0.25) is 11.8 Å². The molecule has 7 heteroatoms. The first-order valence-corrected chi connectivity index (χ1v) is 9.58. The number of hydrogen-bond donors (Lipinski definition) is 1.